The minimum Gasteiger partial charge on any atom is -0.497 e. The van der Waals surface area contributed by atoms with Gasteiger partial charge in [-0.15, -0.1) is 11.3 Å². The van der Waals surface area contributed by atoms with Crippen molar-refractivity contribution < 1.29 is 27.4 Å². The maximum Gasteiger partial charge on any atom is 0.185 e. The fraction of sp³-hybridized carbons (Fsp3) is 0.400. The fourth-order valence-corrected chi connectivity index (χ4v) is 6.91. The third-order valence-corrected chi connectivity index (χ3v) is 9.44. The average molecular weight is 519 g/mol. The summed E-state index contributed by atoms with van der Waals surface area (Å²) in [5.41, 5.74) is 1.94. The molecule has 0 bridgehead atoms. The number of hydrogen-bond acceptors (Lipinski definition) is 9. The zero-order valence-corrected chi connectivity index (χ0v) is 21.9. The van der Waals surface area contributed by atoms with E-state index in [2.05, 4.69) is 4.90 Å². The molecule has 1 saturated heterocycles. The Bertz CT molecular complexity index is 1270. The van der Waals surface area contributed by atoms with Gasteiger partial charge in [-0.3, -0.25) is 0 Å². The highest BCUT2D eigenvalue weighted by Crippen LogP contribution is 2.34. The summed E-state index contributed by atoms with van der Waals surface area (Å²) in [6, 6.07) is 10.5. The highest BCUT2D eigenvalue weighted by atomic mass is 32.2. The Kier molecular flexibility index (Phi) is 7.71. The van der Waals surface area contributed by atoms with Crippen molar-refractivity contribution in [1.82, 2.24) is 4.98 Å². The second-order valence-electron chi connectivity index (χ2n) is 8.22. The summed E-state index contributed by atoms with van der Waals surface area (Å²) >= 11 is 1.58. The van der Waals surface area contributed by atoms with Gasteiger partial charge >= 0.3 is 0 Å². The smallest absolute Gasteiger partial charge is 0.185 e. The maximum absolute atomic E-state index is 13.3. The van der Waals surface area contributed by atoms with Crippen LogP contribution in [0.2, 0.25) is 0 Å². The summed E-state index contributed by atoms with van der Waals surface area (Å²) in [5, 5.41) is 2.50. The molecule has 0 amide bonds. The highest BCUT2D eigenvalue weighted by molar-refractivity contribution is 7.92. The summed E-state index contributed by atoms with van der Waals surface area (Å²) < 4.78 is 47.9. The summed E-state index contributed by atoms with van der Waals surface area (Å²) in [6.45, 7) is 1.26. The largest absolute Gasteiger partial charge is 0.497 e. The first kappa shape index (κ1) is 25.1. The standard InChI is InChI=1S/C25H30N2O6S2/c1-30-19-5-7-22(31-2)17(14-19)13-18-16-34-25(26-18)27-11-9-20(10-12-27)35(28,29)21-6-8-23(32-3)24(15-21)33-4/h5-8,14-16,20H,9-13H2,1-4H3. The van der Waals surface area contributed by atoms with Gasteiger partial charge in [0.1, 0.15) is 11.5 Å². The molecule has 1 aromatic heterocycles. The van der Waals surface area contributed by atoms with Crippen molar-refractivity contribution in [2.75, 3.05) is 46.4 Å². The van der Waals surface area contributed by atoms with E-state index in [1.54, 1.807) is 43.8 Å². The molecule has 8 nitrogen and oxygen atoms in total. The molecule has 0 atom stereocenters. The number of nitrogens with zero attached hydrogens (tertiary/aromatic N) is 2. The second kappa shape index (κ2) is 10.7. The van der Waals surface area contributed by atoms with E-state index in [0.717, 1.165) is 27.9 Å². The lowest BCUT2D eigenvalue weighted by Crippen LogP contribution is -2.39. The molecule has 0 unspecified atom stereocenters. The molecular weight excluding hydrogens is 488 g/mol. The molecule has 188 valence electrons. The zero-order valence-electron chi connectivity index (χ0n) is 20.3. The van der Waals surface area contributed by atoms with Crippen LogP contribution in [0, 0.1) is 0 Å². The normalized spacial score (nSPS) is 14.6. The number of anilines is 1. The molecule has 0 N–H and O–H groups in total. The number of benzene rings is 2. The van der Waals surface area contributed by atoms with Crippen LogP contribution in [0.15, 0.2) is 46.7 Å². The van der Waals surface area contributed by atoms with Gasteiger partial charge in [0.05, 0.1) is 44.3 Å². The van der Waals surface area contributed by atoms with Gasteiger partial charge in [-0.1, -0.05) is 0 Å². The second-order valence-corrected chi connectivity index (χ2v) is 11.3. The van der Waals surface area contributed by atoms with E-state index in [4.69, 9.17) is 23.9 Å². The van der Waals surface area contributed by atoms with Crippen molar-refractivity contribution in [3.05, 3.63) is 53.0 Å². The number of sulfone groups is 1. The number of rotatable bonds is 9. The lowest BCUT2D eigenvalue weighted by Gasteiger charge is -2.31. The highest BCUT2D eigenvalue weighted by Gasteiger charge is 2.32. The molecule has 0 radical (unpaired) electrons. The molecule has 2 aromatic carbocycles. The number of ether oxygens (including phenoxy) is 4. The van der Waals surface area contributed by atoms with Crippen molar-refractivity contribution in [2.45, 2.75) is 29.4 Å². The van der Waals surface area contributed by atoms with E-state index in [9.17, 15) is 8.42 Å². The third-order valence-electron chi connectivity index (χ3n) is 6.23. The Morgan fingerprint density at radius 3 is 2.26 bits per heavy atom. The maximum atomic E-state index is 13.3. The molecule has 35 heavy (non-hydrogen) atoms. The number of methoxy groups -OCH3 is 4. The SMILES string of the molecule is COc1ccc(OC)c(Cc2csc(N3CCC(S(=O)(=O)c4ccc(OC)c(OC)c4)CC3)n2)c1. The zero-order chi connectivity index (χ0) is 25.0. The quantitative estimate of drug-likeness (QED) is 0.416. The average Bonchev–Trinajstić information content (AvgIpc) is 3.36. The van der Waals surface area contributed by atoms with Crippen molar-refractivity contribution in [3.63, 3.8) is 0 Å². The summed E-state index contributed by atoms with van der Waals surface area (Å²) in [6.07, 6.45) is 1.70. The van der Waals surface area contributed by atoms with Crippen LogP contribution in [0.3, 0.4) is 0 Å². The van der Waals surface area contributed by atoms with Gasteiger partial charge in [0.2, 0.25) is 0 Å². The molecule has 0 saturated carbocycles. The molecular formula is C25H30N2O6S2. The van der Waals surface area contributed by atoms with Crippen molar-refractivity contribution in [2.24, 2.45) is 0 Å². The first-order chi connectivity index (χ1) is 16.9. The van der Waals surface area contributed by atoms with E-state index < -0.39 is 15.1 Å². The molecule has 2 heterocycles. The Morgan fingerprint density at radius 2 is 1.60 bits per heavy atom. The van der Waals surface area contributed by atoms with Crippen LogP contribution in [0.4, 0.5) is 5.13 Å². The van der Waals surface area contributed by atoms with Crippen molar-refractivity contribution >= 4 is 26.3 Å². The number of aromatic nitrogens is 1. The van der Waals surface area contributed by atoms with Crippen LogP contribution in [-0.2, 0) is 16.3 Å². The van der Waals surface area contributed by atoms with Crippen LogP contribution >= 0.6 is 11.3 Å². The molecule has 1 aliphatic rings. The van der Waals surface area contributed by atoms with Crippen LogP contribution in [0.25, 0.3) is 0 Å². The van der Waals surface area contributed by atoms with Crippen LogP contribution in [0.5, 0.6) is 23.0 Å². The molecule has 4 rings (SSSR count). The van der Waals surface area contributed by atoms with Gasteiger partial charge in [-0.25, -0.2) is 13.4 Å². The van der Waals surface area contributed by atoms with E-state index in [1.165, 1.54) is 14.2 Å². The van der Waals surface area contributed by atoms with Gasteiger partial charge in [0.25, 0.3) is 0 Å². The fourth-order valence-electron chi connectivity index (χ4n) is 4.28. The van der Waals surface area contributed by atoms with E-state index in [-0.39, 0.29) is 4.90 Å². The van der Waals surface area contributed by atoms with E-state index in [1.807, 2.05) is 23.6 Å². The van der Waals surface area contributed by atoms with Crippen molar-refractivity contribution in [3.8, 4) is 23.0 Å². The Morgan fingerprint density at radius 1 is 0.914 bits per heavy atom. The minimum atomic E-state index is -3.48. The Labute approximate surface area is 210 Å². The monoisotopic (exact) mass is 518 g/mol. The molecule has 1 aliphatic heterocycles. The van der Waals surface area contributed by atoms with E-state index in [0.29, 0.717) is 43.9 Å². The van der Waals surface area contributed by atoms with Crippen LogP contribution in [0.1, 0.15) is 24.1 Å². The first-order valence-corrected chi connectivity index (χ1v) is 13.7. The van der Waals surface area contributed by atoms with Gasteiger partial charge in [-0.05, 0) is 43.2 Å². The number of hydrogen-bond donors (Lipinski definition) is 0. The predicted molar refractivity (Wildman–Crippen MR) is 136 cm³/mol. The Balaban J connectivity index is 1.43. The lowest BCUT2D eigenvalue weighted by molar-refractivity contribution is 0.354. The summed E-state index contributed by atoms with van der Waals surface area (Å²) in [4.78, 5) is 7.24. The molecule has 3 aromatic rings. The predicted octanol–water partition coefficient (Wildman–Crippen LogP) is 4.21. The molecule has 1 fully saturated rings. The van der Waals surface area contributed by atoms with Crippen LogP contribution < -0.4 is 23.8 Å². The van der Waals surface area contributed by atoms with Gasteiger partial charge < -0.3 is 23.8 Å². The Hall–Kier alpha value is -2.98. The van der Waals surface area contributed by atoms with E-state index >= 15 is 0 Å². The summed E-state index contributed by atoms with van der Waals surface area (Å²) in [7, 11) is 2.84. The molecule has 0 aliphatic carbocycles. The van der Waals surface area contributed by atoms with Crippen LogP contribution in [-0.4, -0.2) is 60.2 Å². The van der Waals surface area contributed by atoms with Gasteiger partial charge in [-0.2, -0.15) is 0 Å². The first-order valence-electron chi connectivity index (χ1n) is 11.3. The minimum absolute atomic E-state index is 0.261. The lowest BCUT2D eigenvalue weighted by atomic mass is 10.1. The number of piperidine rings is 1. The summed E-state index contributed by atoms with van der Waals surface area (Å²) in [5.74, 6) is 2.48. The van der Waals surface area contributed by atoms with Crippen molar-refractivity contribution in [1.29, 1.82) is 0 Å². The molecule has 10 heteroatoms. The molecule has 0 spiro atoms. The van der Waals surface area contributed by atoms with Gasteiger partial charge in [0.15, 0.2) is 26.5 Å². The third kappa shape index (κ3) is 5.33. The topological polar surface area (TPSA) is 87.2 Å². The van der Waals surface area contributed by atoms with Gasteiger partial charge in [0, 0.05) is 36.5 Å². The number of thiazole rings is 1.